The largest absolute Gasteiger partial charge is 0.496 e. The van der Waals surface area contributed by atoms with Crippen LogP contribution in [-0.2, 0) is 6.42 Å². The average Bonchev–Trinajstić information content (AvgIpc) is 2.15. The molecule has 1 rings (SSSR count). The molecule has 0 spiro atoms. The maximum absolute atomic E-state index is 5.37. The van der Waals surface area contributed by atoms with Crippen molar-refractivity contribution in [3.63, 3.8) is 0 Å². The molecule has 0 bridgehead atoms. The first kappa shape index (κ1) is 11.4. The molecule has 0 aliphatic heterocycles. The van der Waals surface area contributed by atoms with E-state index in [0.29, 0.717) is 0 Å². The van der Waals surface area contributed by atoms with E-state index in [-0.39, 0.29) is 0 Å². The summed E-state index contributed by atoms with van der Waals surface area (Å²) in [6, 6.07) is 2.21. The van der Waals surface area contributed by atoms with Crippen LogP contribution in [0, 0.1) is 20.8 Å². The topological polar surface area (TPSA) is 9.23 Å². The van der Waals surface area contributed by atoms with Crippen LogP contribution >= 0.6 is 12.6 Å². The van der Waals surface area contributed by atoms with Crippen molar-refractivity contribution >= 4 is 12.6 Å². The molecule has 0 unspecified atom stereocenters. The van der Waals surface area contributed by atoms with Crippen molar-refractivity contribution in [2.24, 2.45) is 0 Å². The zero-order valence-corrected chi connectivity index (χ0v) is 10.2. The van der Waals surface area contributed by atoms with Gasteiger partial charge >= 0.3 is 0 Å². The van der Waals surface area contributed by atoms with Crippen LogP contribution in [-0.4, -0.2) is 12.9 Å². The predicted molar refractivity (Wildman–Crippen MR) is 64.8 cm³/mol. The molecule has 1 nitrogen and oxygen atoms in total. The van der Waals surface area contributed by atoms with E-state index < -0.39 is 0 Å². The molecule has 0 amide bonds. The molecule has 2 heteroatoms. The summed E-state index contributed by atoms with van der Waals surface area (Å²) in [5.41, 5.74) is 5.19. The van der Waals surface area contributed by atoms with Crippen LogP contribution in [0.4, 0.5) is 0 Å². The minimum atomic E-state index is 0.895. The summed E-state index contributed by atoms with van der Waals surface area (Å²) >= 11 is 4.27. The second-order valence-electron chi connectivity index (χ2n) is 3.61. The number of hydrogen-bond acceptors (Lipinski definition) is 2. The highest BCUT2D eigenvalue weighted by atomic mass is 32.1. The quantitative estimate of drug-likeness (QED) is 0.754. The van der Waals surface area contributed by atoms with Gasteiger partial charge in [0.1, 0.15) is 5.75 Å². The van der Waals surface area contributed by atoms with Crippen molar-refractivity contribution in [2.45, 2.75) is 27.2 Å². The molecule has 0 aliphatic rings. The highest BCUT2D eigenvalue weighted by molar-refractivity contribution is 7.80. The van der Waals surface area contributed by atoms with E-state index in [9.17, 15) is 0 Å². The molecule has 0 aliphatic carbocycles. The molecule has 78 valence electrons. The van der Waals surface area contributed by atoms with Crippen molar-refractivity contribution in [1.29, 1.82) is 0 Å². The molecule has 0 radical (unpaired) electrons. The molecule has 0 aromatic heterocycles. The fourth-order valence-corrected chi connectivity index (χ4v) is 2.08. The summed E-state index contributed by atoms with van der Waals surface area (Å²) in [6.45, 7) is 6.35. The first-order valence-corrected chi connectivity index (χ1v) is 5.49. The van der Waals surface area contributed by atoms with E-state index in [4.69, 9.17) is 4.74 Å². The van der Waals surface area contributed by atoms with Gasteiger partial charge in [0.25, 0.3) is 0 Å². The molecule has 0 fully saturated rings. The number of thiol groups is 1. The van der Waals surface area contributed by atoms with Crippen molar-refractivity contribution in [1.82, 2.24) is 0 Å². The van der Waals surface area contributed by atoms with E-state index in [0.717, 1.165) is 17.9 Å². The summed E-state index contributed by atoms with van der Waals surface area (Å²) in [5, 5.41) is 0. The Morgan fingerprint density at radius 1 is 1.21 bits per heavy atom. The number of ether oxygens (including phenoxy) is 1. The summed E-state index contributed by atoms with van der Waals surface area (Å²) < 4.78 is 5.37. The molecule has 0 atom stereocenters. The molecule has 0 heterocycles. The van der Waals surface area contributed by atoms with Crippen LogP contribution in [0.1, 0.15) is 22.3 Å². The van der Waals surface area contributed by atoms with Crippen LogP contribution in [0.2, 0.25) is 0 Å². The maximum atomic E-state index is 5.37. The molecular weight excluding hydrogens is 192 g/mol. The van der Waals surface area contributed by atoms with E-state index >= 15 is 0 Å². The van der Waals surface area contributed by atoms with Gasteiger partial charge in [-0.25, -0.2) is 0 Å². The summed E-state index contributed by atoms with van der Waals surface area (Å²) in [5.74, 6) is 1.91. The summed E-state index contributed by atoms with van der Waals surface area (Å²) in [7, 11) is 1.73. The van der Waals surface area contributed by atoms with Gasteiger partial charge in [0.05, 0.1) is 7.11 Å². The summed E-state index contributed by atoms with van der Waals surface area (Å²) in [4.78, 5) is 0. The Morgan fingerprint density at radius 3 is 2.36 bits per heavy atom. The van der Waals surface area contributed by atoms with Crippen LogP contribution < -0.4 is 4.74 Å². The maximum Gasteiger partial charge on any atom is 0.124 e. The lowest BCUT2D eigenvalue weighted by atomic mass is 9.97. The van der Waals surface area contributed by atoms with Crippen LogP contribution in [0.15, 0.2) is 6.07 Å². The molecular formula is C12H18OS. The van der Waals surface area contributed by atoms with Gasteiger partial charge in [-0.15, -0.1) is 0 Å². The zero-order chi connectivity index (χ0) is 10.7. The van der Waals surface area contributed by atoms with E-state index in [1.54, 1.807) is 7.11 Å². The average molecular weight is 210 g/mol. The zero-order valence-electron chi connectivity index (χ0n) is 9.35. The van der Waals surface area contributed by atoms with E-state index in [1.165, 1.54) is 22.3 Å². The minimum absolute atomic E-state index is 0.895. The van der Waals surface area contributed by atoms with Crippen LogP contribution in [0.3, 0.4) is 0 Å². The Kier molecular flexibility index (Phi) is 3.87. The molecule has 1 aromatic carbocycles. The Morgan fingerprint density at radius 2 is 1.86 bits per heavy atom. The van der Waals surface area contributed by atoms with Crippen molar-refractivity contribution in [2.75, 3.05) is 12.9 Å². The highest BCUT2D eigenvalue weighted by Crippen LogP contribution is 2.28. The highest BCUT2D eigenvalue weighted by Gasteiger charge is 2.09. The van der Waals surface area contributed by atoms with E-state index in [2.05, 4.69) is 39.5 Å². The fraction of sp³-hybridized carbons (Fsp3) is 0.500. The number of rotatable bonds is 3. The lowest BCUT2D eigenvalue weighted by molar-refractivity contribution is 0.408. The Hall–Kier alpha value is -0.630. The first-order valence-electron chi connectivity index (χ1n) is 4.86. The molecule has 1 aromatic rings. The number of aryl methyl sites for hydroxylation is 2. The van der Waals surface area contributed by atoms with Gasteiger partial charge in [0, 0.05) is 0 Å². The van der Waals surface area contributed by atoms with Gasteiger partial charge in [-0.3, -0.25) is 0 Å². The fourth-order valence-electron chi connectivity index (χ4n) is 1.84. The second kappa shape index (κ2) is 4.74. The van der Waals surface area contributed by atoms with Crippen LogP contribution in [0.5, 0.6) is 5.75 Å². The van der Waals surface area contributed by atoms with Gasteiger partial charge in [-0.1, -0.05) is 6.07 Å². The second-order valence-corrected chi connectivity index (χ2v) is 4.06. The lowest BCUT2D eigenvalue weighted by Gasteiger charge is -2.15. The molecule has 0 saturated heterocycles. The van der Waals surface area contributed by atoms with Crippen molar-refractivity contribution < 1.29 is 4.74 Å². The van der Waals surface area contributed by atoms with Gasteiger partial charge in [-0.2, -0.15) is 12.6 Å². The van der Waals surface area contributed by atoms with Gasteiger partial charge in [0.15, 0.2) is 0 Å². The predicted octanol–water partition coefficient (Wildman–Crippen LogP) is 3.09. The minimum Gasteiger partial charge on any atom is -0.496 e. The third kappa shape index (κ3) is 2.06. The SMILES string of the molecule is COc1c(C)cc(CCS)c(C)c1C. The summed E-state index contributed by atoms with van der Waals surface area (Å²) in [6.07, 6.45) is 1.03. The standard InChI is InChI=1S/C12H18OS/c1-8-7-11(5-6-14)9(2)10(3)12(8)13-4/h7,14H,5-6H2,1-4H3. The number of benzene rings is 1. The normalized spacial score (nSPS) is 10.4. The third-order valence-corrected chi connectivity index (χ3v) is 2.94. The van der Waals surface area contributed by atoms with Crippen molar-refractivity contribution in [3.05, 3.63) is 28.3 Å². The molecule has 0 saturated carbocycles. The van der Waals surface area contributed by atoms with Gasteiger partial charge in [0.2, 0.25) is 0 Å². The Balaban J connectivity index is 3.25. The smallest absolute Gasteiger partial charge is 0.124 e. The molecule has 0 N–H and O–H groups in total. The third-order valence-electron chi connectivity index (χ3n) is 2.72. The Bertz CT molecular complexity index is 332. The Labute approximate surface area is 91.9 Å². The number of hydrogen-bond donors (Lipinski definition) is 1. The molecule has 14 heavy (non-hydrogen) atoms. The number of methoxy groups -OCH3 is 1. The van der Waals surface area contributed by atoms with Gasteiger partial charge in [-0.05, 0) is 55.2 Å². The lowest BCUT2D eigenvalue weighted by Crippen LogP contribution is -1.99. The van der Waals surface area contributed by atoms with Gasteiger partial charge < -0.3 is 4.74 Å². The first-order chi connectivity index (χ1) is 6.61. The monoisotopic (exact) mass is 210 g/mol. The van der Waals surface area contributed by atoms with Crippen LogP contribution in [0.25, 0.3) is 0 Å². The van der Waals surface area contributed by atoms with Crippen molar-refractivity contribution in [3.8, 4) is 5.75 Å². The van der Waals surface area contributed by atoms with E-state index in [1.807, 2.05) is 0 Å².